The molecule has 0 atom stereocenters. The molecule has 0 saturated carbocycles. The molecule has 1 aliphatic rings. The summed E-state index contributed by atoms with van der Waals surface area (Å²) >= 11 is 5.66. The van der Waals surface area contributed by atoms with E-state index in [0.29, 0.717) is 0 Å². The average Bonchev–Trinajstić information content (AvgIpc) is 2.53. The normalized spacial score (nSPS) is 13.2. The van der Waals surface area contributed by atoms with Crippen molar-refractivity contribution in [3.8, 4) is 0 Å². The van der Waals surface area contributed by atoms with Crippen LogP contribution in [0.5, 0.6) is 0 Å². The number of cyclic esters (lactones) is 2. The second-order valence-corrected chi connectivity index (χ2v) is 3.70. The minimum absolute atomic E-state index is 0.354. The predicted octanol–water partition coefficient (Wildman–Crippen LogP) is 1.05. The summed E-state index contributed by atoms with van der Waals surface area (Å²) in [6, 6.07) is 0.764. The summed E-state index contributed by atoms with van der Waals surface area (Å²) in [6.07, 6.45) is 0. The Morgan fingerprint density at radius 2 is 1.72 bits per heavy atom. The molecule has 1 aromatic rings. The minimum atomic E-state index is -1.62. The Labute approximate surface area is 104 Å². The maximum Gasteiger partial charge on any atom is 0.348 e. The van der Waals surface area contributed by atoms with Crippen molar-refractivity contribution >= 4 is 35.5 Å². The molecule has 2 N–H and O–H groups in total. The number of carbonyl (C=O) groups excluding carboxylic acids is 2. The Balaban J connectivity index is 2.89. The van der Waals surface area contributed by atoms with Crippen LogP contribution in [0.3, 0.4) is 0 Å². The van der Waals surface area contributed by atoms with Crippen LogP contribution >= 0.6 is 11.6 Å². The molecule has 1 aliphatic heterocycles. The van der Waals surface area contributed by atoms with Crippen LogP contribution in [0.4, 0.5) is 0 Å². The zero-order valence-electron chi connectivity index (χ0n) is 8.39. The summed E-state index contributed by atoms with van der Waals surface area (Å²) in [6.45, 7) is 0. The van der Waals surface area contributed by atoms with Crippen LogP contribution in [0.25, 0.3) is 0 Å². The fraction of sp³-hybridized carbons (Fsp3) is 0. The van der Waals surface area contributed by atoms with Crippen molar-refractivity contribution in [2.75, 3.05) is 0 Å². The highest BCUT2D eigenvalue weighted by Gasteiger charge is 2.37. The highest BCUT2D eigenvalue weighted by molar-refractivity contribution is 6.39. The zero-order valence-corrected chi connectivity index (χ0v) is 9.15. The second kappa shape index (κ2) is 3.81. The van der Waals surface area contributed by atoms with Crippen molar-refractivity contribution in [3.05, 3.63) is 33.3 Å². The largest absolute Gasteiger partial charge is 0.478 e. The van der Waals surface area contributed by atoms with Gasteiger partial charge in [0.1, 0.15) is 0 Å². The van der Waals surface area contributed by atoms with E-state index in [2.05, 4.69) is 4.74 Å². The number of hydrogen-bond donors (Lipinski definition) is 2. The summed E-state index contributed by atoms with van der Waals surface area (Å²) in [5.41, 5.74) is -2.22. The molecule has 0 aliphatic carbocycles. The standard InChI is InChI=1S/C10H3ClO7/c11-6-4(8(14)15)2(7(12)13)1-3-5(6)10(17)18-9(3)16/h1H,(H,12,13)(H,14,15). The molecule has 0 fully saturated rings. The number of fused-ring (bicyclic) bond motifs is 1. The van der Waals surface area contributed by atoms with Gasteiger partial charge in [-0.05, 0) is 6.07 Å². The van der Waals surface area contributed by atoms with Crippen LogP contribution in [-0.2, 0) is 4.74 Å². The SMILES string of the molecule is O=C(O)c1cc2c(c(Cl)c1C(=O)O)C(=O)OC2=O. The lowest BCUT2D eigenvalue weighted by atomic mass is 9.99. The van der Waals surface area contributed by atoms with Gasteiger partial charge in [0, 0.05) is 0 Å². The monoisotopic (exact) mass is 270 g/mol. The fourth-order valence-electron chi connectivity index (χ4n) is 1.58. The molecule has 0 amide bonds. The quantitative estimate of drug-likeness (QED) is 0.609. The summed E-state index contributed by atoms with van der Waals surface area (Å²) < 4.78 is 4.23. The molecule has 2 rings (SSSR count). The first-order chi connectivity index (χ1) is 8.34. The van der Waals surface area contributed by atoms with E-state index >= 15 is 0 Å². The smallest absolute Gasteiger partial charge is 0.348 e. The molecule has 0 saturated heterocycles. The number of esters is 2. The third kappa shape index (κ3) is 1.52. The third-order valence-electron chi connectivity index (χ3n) is 2.32. The van der Waals surface area contributed by atoms with Gasteiger partial charge in [-0.1, -0.05) is 11.6 Å². The molecule has 1 aromatic carbocycles. The molecule has 0 aromatic heterocycles. The van der Waals surface area contributed by atoms with Crippen molar-refractivity contribution in [1.82, 2.24) is 0 Å². The van der Waals surface area contributed by atoms with Crippen molar-refractivity contribution in [1.29, 1.82) is 0 Å². The van der Waals surface area contributed by atoms with E-state index in [1.165, 1.54) is 0 Å². The maximum absolute atomic E-state index is 11.3. The van der Waals surface area contributed by atoms with E-state index in [4.69, 9.17) is 21.8 Å². The van der Waals surface area contributed by atoms with E-state index in [1.54, 1.807) is 0 Å². The van der Waals surface area contributed by atoms with Gasteiger partial charge in [-0.25, -0.2) is 19.2 Å². The Hall–Kier alpha value is -2.41. The van der Waals surface area contributed by atoms with Gasteiger partial charge in [0.15, 0.2) is 0 Å². The zero-order chi connectivity index (χ0) is 13.6. The van der Waals surface area contributed by atoms with Crippen LogP contribution in [0.2, 0.25) is 5.02 Å². The van der Waals surface area contributed by atoms with Crippen LogP contribution in [-0.4, -0.2) is 34.1 Å². The summed E-state index contributed by atoms with van der Waals surface area (Å²) in [5.74, 6) is -5.35. The van der Waals surface area contributed by atoms with Gasteiger partial charge >= 0.3 is 23.9 Å². The third-order valence-corrected chi connectivity index (χ3v) is 2.70. The minimum Gasteiger partial charge on any atom is -0.478 e. The lowest BCUT2D eigenvalue weighted by Crippen LogP contribution is -2.12. The fourth-order valence-corrected chi connectivity index (χ4v) is 1.94. The molecule has 0 unspecified atom stereocenters. The Morgan fingerprint density at radius 1 is 1.11 bits per heavy atom. The van der Waals surface area contributed by atoms with Gasteiger partial charge in [-0.2, -0.15) is 0 Å². The van der Waals surface area contributed by atoms with E-state index < -0.39 is 45.6 Å². The van der Waals surface area contributed by atoms with Crippen LogP contribution in [0.1, 0.15) is 41.4 Å². The van der Waals surface area contributed by atoms with Gasteiger partial charge in [-0.3, -0.25) is 0 Å². The van der Waals surface area contributed by atoms with E-state index in [1.807, 2.05) is 0 Å². The van der Waals surface area contributed by atoms with Gasteiger partial charge in [0.05, 0.1) is 27.3 Å². The molecule has 0 bridgehead atoms. The molecule has 1 heterocycles. The Bertz CT molecular complexity index is 632. The van der Waals surface area contributed by atoms with Gasteiger partial charge in [0.2, 0.25) is 0 Å². The topological polar surface area (TPSA) is 118 Å². The number of carbonyl (C=O) groups is 4. The van der Waals surface area contributed by atoms with E-state index in [-0.39, 0.29) is 5.56 Å². The number of benzene rings is 1. The number of carboxylic acids is 2. The highest BCUT2D eigenvalue weighted by atomic mass is 35.5. The molecule has 0 spiro atoms. The first-order valence-electron chi connectivity index (χ1n) is 4.44. The second-order valence-electron chi connectivity index (χ2n) is 3.32. The molecule has 7 nitrogen and oxygen atoms in total. The van der Waals surface area contributed by atoms with Crippen molar-refractivity contribution < 1.29 is 34.1 Å². The molecular formula is C10H3ClO7. The lowest BCUT2D eigenvalue weighted by Gasteiger charge is -2.06. The van der Waals surface area contributed by atoms with Crippen LogP contribution < -0.4 is 0 Å². The Morgan fingerprint density at radius 3 is 2.22 bits per heavy atom. The number of carboxylic acid groups (broad SMARTS) is 2. The lowest BCUT2D eigenvalue weighted by molar-refractivity contribution is 0.0443. The van der Waals surface area contributed by atoms with E-state index in [9.17, 15) is 19.2 Å². The predicted molar refractivity (Wildman–Crippen MR) is 55.1 cm³/mol. The Kier molecular flexibility index (Phi) is 2.55. The highest BCUT2D eigenvalue weighted by Crippen LogP contribution is 2.33. The molecule has 18 heavy (non-hydrogen) atoms. The first kappa shape index (κ1) is 12.1. The number of ether oxygens (including phenoxy) is 1. The number of rotatable bonds is 2. The summed E-state index contributed by atoms with van der Waals surface area (Å²) in [7, 11) is 0. The summed E-state index contributed by atoms with van der Waals surface area (Å²) in [4.78, 5) is 44.4. The maximum atomic E-state index is 11.3. The van der Waals surface area contributed by atoms with Gasteiger partial charge in [-0.15, -0.1) is 0 Å². The first-order valence-corrected chi connectivity index (χ1v) is 4.82. The number of halogens is 1. The molecule has 8 heteroatoms. The van der Waals surface area contributed by atoms with E-state index in [0.717, 1.165) is 6.07 Å². The van der Waals surface area contributed by atoms with Gasteiger partial charge in [0.25, 0.3) is 0 Å². The molecule has 92 valence electrons. The van der Waals surface area contributed by atoms with Crippen molar-refractivity contribution in [3.63, 3.8) is 0 Å². The molecule has 0 radical (unpaired) electrons. The van der Waals surface area contributed by atoms with Crippen molar-refractivity contribution in [2.24, 2.45) is 0 Å². The average molecular weight is 271 g/mol. The van der Waals surface area contributed by atoms with Crippen LogP contribution in [0, 0.1) is 0 Å². The van der Waals surface area contributed by atoms with Crippen molar-refractivity contribution in [2.45, 2.75) is 0 Å². The summed E-state index contributed by atoms with van der Waals surface area (Å²) in [5, 5.41) is 17.1. The molecular weight excluding hydrogens is 268 g/mol. The van der Waals surface area contributed by atoms with Gasteiger partial charge < -0.3 is 14.9 Å². The number of aromatic carboxylic acids is 2. The van der Waals surface area contributed by atoms with Crippen LogP contribution in [0.15, 0.2) is 6.07 Å². The number of hydrogen-bond acceptors (Lipinski definition) is 5.